The Labute approximate surface area is 289 Å². The molecular formula is C40H42N4O4S. The van der Waals surface area contributed by atoms with Gasteiger partial charge in [0.1, 0.15) is 6.10 Å². The Balaban J connectivity index is 0.979. The predicted octanol–water partition coefficient (Wildman–Crippen LogP) is 6.55. The number of carbonyl (C=O) groups excluding carboxylic acids is 1. The number of nitriles is 1. The summed E-state index contributed by atoms with van der Waals surface area (Å²) in [6.45, 7) is 4.72. The fourth-order valence-electron chi connectivity index (χ4n) is 8.39. The predicted molar refractivity (Wildman–Crippen MR) is 188 cm³/mol. The van der Waals surface area contributed by atoms with Crippen molar-refractivity contribution in [2.24, 2.45) is 17.8 Å². The van der Waals surface area contributed by atoms with Crippen LogP contribution in [0.2, 0.25) is 0 Å². The van der Waals surface area contributed by atoms with Crippen LogP contribution in [0.1, 0.15) is 48.0 Å². The number of sulfone groups is 1. The Morgan fingerprint density at radius 3 is 2.12 bits per heavy atom. The molecule has 8 nitrogen and oxygen atoms in total. The smallest absolute Gasteiger partial charge is 0.338 e. The number of hydrogen-bond donors (Lipinski definition) is 0. The van der Waals surface area contributed by atoms with Crippen LogP contribution in [-0.4, -0.2) is 63.1 Å². The number of rotatable bonds is 10. The number of benzene rings is 3. The van der Waals surface area contributed by atoms with Gasteiger partial charge in [0.2, 0.25) is 9.84 Å². The highest BCUT2D eigenvalue weighted by molar-refractivity contribution is 7.91. The van der Waals surface area contributed by atoms with E-state index in [1.807, 2.05) is 48.5 Å². The van der Waals surface area contributed by atoms with Crippen molar-refractivity contribution in [1.29, 1.82) is 5.26 Å². The van der Waals surface area contributed by atoms with Gasteiger partial charge in [0.05, 0.1) is 26.8 Å². The van der Waals surface area contributed by atoms with E-state index >= 15 is 0 Å². The molecular weight excluding hydrogens is 633 g/mol. The van der Waals surface area contributed by atoms with Gasteiger partial charge in [-0.3, -0.25) is 4.98 Å². The fourth-order valence-corrected chi connectivity index (χ4v) is 9.64. The van der Waals surface area contributed by atoms with E-state index in [1.54, 1.807) is 24.3 Å². The van der Waals surface area contributed by atoms with Crippen molar-refractivity contribution in [2.45, 2.75) is 53.4 Å². The Bertz CT molecular complexity index is 1870. The summed E-state index contributed by atoms with van der Waals surface area (Å²) < 4.78 is 32.1. The molecule has 3 aliphatic rings. The van der Waals surface area contributed by atoms with Gasteiger partial charge < -0.3 is 14.5 Å². The largest absolute Gasteiger partial charge is 0.458 e. The summed E-state index contributed by atoms with van der Waals surface area (Å²) in [4.78, 5) is 22.4. The minimum absolute atomic E-state index is 0.0598. The third-order valence-corrected chi connectivity index (χ3v) is 12.7. The number of ether oxygens (including phenoxy) is 1. The maximum atomic E-state index is 13.1. The lowest BCUT2D eigenvalue weighted by Crippen LogP contribution is -2.54. The van der Waals surface area contributed by atoms with E-state index < -0.39 is 15.3 Å². The lowest BCUT2D eigenvalue weighted by atomic mass is 9.59. The topological polar surface area (TPSA) is 104 Å². The minimum Gasteiger partial charge on any atom is -0.458 e. The molecule has 7 rings (SSSR count). The van der Waals surface area contributed by atoms with Gasteiger partial charge in [0, 0.05) is 49.6 Å². The van der Waals surface area contributed by atoms with Crippen molar-refractivity contribution >= 4 is 21.5 Å². The highest BCUT2D eigenvalue weighted by Crippen LogP contribution is 2.51. The average Bonchev–Trinajstić information content (AvgIpc) is 3.60. The second kappa shape index (κ2) is 14.1. The van der Waals surface area contributed by atoms with E-state index in [0.29, 0.717) is 11.5 Å². The van der Waals surface area contributed by atoms with Gasteiger partial charge in [0.15, 0.2) is 0 Å². The number of nitrogens with zero attached hydrogens (tertiary/aromatic N) is 4. The van der Waals surface area contributed by atoms with Gasteiger partial charge in [-0.25, -0.2) is 13.2 Å². The number of piperidine rings is 1. The van der Waals surface area contributed by atoms with Gasteiger partial charge in [-0.05, 0) is 105 Å². The number of carbonyl (C=O) groups is 1. The maximum Gasteiger partial charge on any atom is 0.338 e. The van der Waals surface area contributed by atoms with E-state index in [-0.39, 0.29) is 33.7 Å². The Kier molecular flexibility index (Phi) is 9.53. The van der Waals surface area contributed by atoms with Crippen LogP contribution in [-0.2, 0) is 20.0 Å². The van der Waals surface area contributed by atoms with Gasteiger partial charge in [-0.2, -0.15) is 5.26 Å². The van der Waals surface area contributed by atoms with Crippen LogP contribution < -0.4 is 4.90 Å². The molecule has 3 aromatic carbocycles. The summed E-state index contributed by atoms with van der Waals surface area (Å²) in [7, 11) is -3.57. The van der Waals surface area contributed by atoms with Gasteiger partial charge in [0.25, 0.3) is 0 Å². The normalized spacial score (nSPS) is 21.7. The molecule has 4 aromatic rings. The lowest BCUT2D eigenvalue weighted by molar-refractivity contribution is 0.00168. The minimum atomic E-state index is -3.57. The van der Waals surface area contributed by atoms with E-state index in [1.165, 1.54) is 24.5 Å². The van der Waals surface area contributed by atoms with E-state index in [4.69, 9.17) is 4.74 Å². The van der Waals surface area contributed by atoms with Crippen molar-refractivity contribution in [3.8, 4) is 6.07 Å². The van der Waals surface area contributed by atoms with Gasteiger partial charge in [-0.15, -0.1) is 0 Å². The van der Waals surface area contributed by atoms with Crippen LogP contribution in [0, 0.1) is 29.1 Å². The number of likely N-dealkylation sites (tertiary alicyclic amines) is 1. The van der Waals surface area contributed by atoms with Crippen molar-refractivity contribution in [3.63, 3.8) is 0 Å². The zero-order valence-corrected chi connectivity index (χ0v) is 28.4. The molecule has 2 saturated heterocycles. The molecule has 3 atom stereocenters. The van der Waals surface area contributed by atoms with Crippen LogP contribution >= 0.6 is 0 Å². The quantitative estimate of drug-likeness (QED) is 0.175. The summed E-state index contributed by atoms with van der Waals surface area (Å²) in [5, 5.41) is 11.1. The zero-order chi connectivity index (χ0) is 33.8. The van der Waals surface area contributed by atoms with Crippen molar-refractivity contribution in [3.05, 3.63) is 121 Å². The molecule has 2 aliphatic heterocycles. The molecule has 1 unspecified atom stereocenters. The zero-order valence-electron chi connectivity index (χ0n) is 27.6. The van der Waals surface area contributed by atoms with Gasteiger partial charge >= 0.3 is 5.97 Å². The first-order valence-corrected chi connectivity index (χ1v) is 18.8. The highest BCUT2D eigenvalue weighted by atomic mass is 32.2. The molecule has 0 spiro atoms. The molecule has 252 valence electrons. The summed E-state index contributed by atoms with van der Waals surface area (Å²) in [5.74, 6) is 0.323. The van der Waals surface area contributed by atoms with Crippen molar-refractivity contribution < 1.29 is 17.9 Å². The number of pyridine rings is 1. The first-order chi connectivity index (χ1) is 23.9. The second-order valence-electron chi connectivity index (χ2n) is 13.7. The monoisotopic (exact) mass is 674 g/mol. The molecule has 0 radical (unpaired) electrons. The summed E-state index contributed by atoms with van der Waals surface area (Å²) in [6, 6.07) is 32.4. The molecule has 3 heterocycles. The SMILES string of the molecule is N#CC(c1ccccc1)(C1CCN(CC2CN(c3ccc(S(=O)(=O)c4ccncc4)cc3)C2)CC1)[C@H]1CCC[C@@H]1OC(=O)c1ccccc1. The summed E-state index contributed by atoms with van der Waals surface area (Å²) >= 11 is 0. The fraction of sp³-hybridized carbons (Fsp3) is 0.375. The first-order valence-electron chi connectivity index (χ1n) is 17.3. The molecule has 0 amide bonds. The van der Waals surface area contributed by atoms with Crippen LogP contribution in [0.4, 0.5) is 5.69 Å². The van der Waals surface area contributed by atoms with Crippen LogP contribution in [0.25, 0.3) is 0 Å². The van der Waals surface area contributed by atoms with E-state index in [9.17, 15) is 18.5 Å². The summed E-state index contributed by atoms with van der Waals surface area (Å²) in [6.07, 6.45) is 7.10. The van der Waals surface area contributed by atoms with E-state index in [2.05, 4.69) is 33.0 Å². The molecule has 0 bridgehead atoms. The van der Waals surface area contributed by atoms with E-state index in [0.717, 1.165) is 76.1 Å². The molecule has 49 heavy (non-hydrogen) atoms. The molecule has 0 N–H and O–H groups in total. The maximum absolute atomic E-state index is 13.1. The molecule has 1 aliphatic carbocycles. The Hall–Kier alpha value is -4.52. The highest BCUT2D eigenvalue weighted by Gasteiger charge is 2.53. The molecule has 1 aromatic heterocycles. The molecule has 9 heteroatoms. The third-order valence-electron chi connectivity index (χ3n) is 10.9. The molecule has 1 saturated carbocycles. The number of hydrogen-bond acceptors (Lipinski definition) is 8. The first kappa shape index (κ1) is 33.0. The number of aromatic nitrogens is 1. The Morgan fingerprint density at radius 1 is 0.837 bits per heavy atom. The average molecular weight is 675 g/mol. The third kappa shape index (κ3) is 6.60. The van der Waals surface area contributed by atoms with Gasteiger partial charge in [-0.1, -0.05) is 48.5 Å². The van der Waals surface area contributed by atoms with Crippen LogP contribution in [0.15, 0.2) is 119 Å². The lowest BCUT2D eigenvalue weighted by Gasteiger charge is -2.48. The molecule has 3 fully saturated rings. The second-order valence-corrected chi connectivity index (χ2v) is 15.7. The van der Waals surface area contributed by atoms with Crippen LogP contribution in [0.3, 0.4) is 0 Å². The van der Waals surface area contributed by atoms with Crippen LogP contribution in [0.5, 0.6) is 0 Å². The van der Waals surface area contributed by atoms with Crippen molar-refractivity contribution in [2.75, 3.05) is 37.6 Å². The van der Waals surface area contributed by atoms with Crippen molar-refractivity contribution in [1.82, 2.24) is 9.88 Å². The summed E-state index contributed by atoms with van der Waals surface area (Å²) in [5.41, 5.74) is 1.89. The standard InChI is InChI=1S/C40H42N4O4S/c41-29-40(32-10-5-2-6-11-32,37-12-7-13-38(37)48-39(45)31-8-3-1-4-9-31)33-20-24-43(25-21-33)26-30-27-44(28-30)34-14-16-35(17-15-34)49(46,47)36-18-22-42-23-19-36/h1-6,8-11,14-19,22-23,30,33,37-38H,7,12-13,20-21,24-28H2/t37-,38-,40?/m0/s1. The number of esters is 1. The Morgan fingerprint density at radius 2 is 1.47 bits per heavy atom. The number of anilines is 1.